The Kier molecular flexibility index (Phi) is 4.20. The number of hydrogen-bond donors (Lipinski definition) is 1. The van der Waals surface area contributed by atoms with Crippen molar-refractivity contribution in [2.75, 3.05) is 0 Å². The van der Waals surface area contributed by atoms with E-state index in [2.05, 4.69) is 0 Å². The molecule has 0 amide bonds. The van der Waals surface area contributed by atoms with Gasteiger partial charge in [0.15, 0.2) is 6.29 Å². The number of benzene rings is 2. The molecular weight excluding hydrogens is 264 g/mol. The number of aliphatic hydroxyl groups excluding tert-OH is 1. The van der Waals surface area contributed by atoms with Crippen LogP contribution in [0.4, 0.5) is 0 Å². The Morgan fingerprint density at radius 3 is 2.71 bits per heavy atom. The van der Waals surface area contributed by atoms with Gasteiger partial charge >= 0.3 is 0 Å². The van der Waals surface area contributed by atoms with Gasteiger partial charge in [-0.15, -0.1) is 0 Å². The molecule has 3 rings (SSSR count). The molecule has 2 aromatic rings. The Morgan fingerprint density at radius 1 is 1.05 bits per heavy atom. The second kappa shape index (κ2) is 6.27. The molecule has 0 saturated heterocycles. The molecule has 1 aliphatic rings. The molecule has 0 radical (unpaired) electrons. The minimum absolute atomic E-state index is 0.215. The standard InChI is InChI=1S/C18H20O3/c19-12-15-14-7-5-4-6-13(14)10-11-17(15)21-18-9-3-1-2-8-16(18)20/h4-7,10-12,16,18,20H,1-3,8-9H2. The summed E-state index contributed by atoms with van der Waals surface area (Å²) in [5, 5.41) is 12.1. The van der Waals surface area contributed by atoms with Crippen LogP contribution in [-0.2, 0) is 0 Å². The van der Waals surface area contributed by atoms with Gasteiger partial charge in [-0.3, -0.25) is 4.79 Å². The molecule has 1 fully saturated rings. The molecular formula is C18H20O3. The second-order valence-electron chi connectivity index (χ2n) is 5.68. The number of aliphatic hydroxyl groups is 1. The molecule has 2 atom stereocenters. The van der Waals surface area contributed by atoms with Crippen LogP contribution in [0, 0.1) is 0 Å². The summed E-state index contributed by atoms with van der Waals surface area (Å²) < 4.78 is 6.00. The Morgan fingerprint density at radius 2 is 1.86 bits per heavy atom. The van der Waals surface area contributed by atoms with Gasteiger partial charge in [0.2, 0.25) is 0 Å². The monoisotopic (exact) mass is 284 g/mol. The van der Waals surface area contributed by atoms with Crippen LogP contribution >= 0.6 is 0 Å². The van der Waals surface area contributed by atoms with Gasteiger partial charge < -0.3 is 9.84 Å². The number of aldehydes is 1. The van der Waals surface area contributed by atoms with Crippen LogP contribution in [0.3, 0.4) is 0 Å². The summed E-state index contributed by atoms with van der Waals surface area (Å²) in [6.07, 6.45) is 5.04. The first-order valence-electron chi connectivity index (χ1n) is 7.61. The number of hydrogen-bond acceptors (Lipinski definition) is 3. The summed E-state index contributed by atoms with van der Waals surface area (Å²) in [6.45, 7) is 0. The average Bonchev–Trinajstić information content (AvgIpc) is 2.72. The topological polar surface area (TPSA) is 46.5 Å². The zero-order chi connectivity index (χ0) is 14.7. The number of fused-ring (bicyclic) bond motifs is 1. The van der Waals surface area contributed by atoms with E-state index in [1.165, 1.54) is 0 Å². The molecule has 3 nitrogen and oxygen atoms in total. The fourth-order valence-corrected chi connectivity index (χ4v) is 3.05. The third-order valence-corrected chi connectivity index (χ3v) is 4.24. The highest BCUT2D eigenvalue weighted by molar-refractivity contribution is 6.00. The Hall–Kier alpha value is -1.87. The lowest BCUT2D eigenvalue weighted by atomic mass is 10.0. The Balaban J connectivity index is 1.94. The minimum atomic E-state index is -0.446. The van der Waals surface area contributed by atoms with Crippen LogP contribution in [0.1, 0.15) is 42.5 Å². The number of carbonyl (C=O) groups is 1. The molecule has 2 unspecified atom stereocenters. The van der Waals surface area contributed by atoms with Gasteiger partial charge in [0, 0.05) is 0 Å². The van der Waals surface area contributed by atoms with E-state index >= 15 is 0 Å². The third kappa shape index (κ3) is 2.93. The summed E-state index contributed by atoms with van der Waals surface area (Å²) in [5.74, 6) is 0.578. The predicted molar refractivity (Wildman–Crippen MR) is 82.8 cm³/mol. The molecule has 110 valence electrons. The smallest absolute Gasteiger partial charge is 0.154 e. The highest BCUT2D eigenvalue weighted by atomic mass is 16.5. The first-order chi connectivity index (χ1) is 10.3. The van der Waals surface area contributed by atoms with Gasteiger partial charge in [0.1, 0.15) is 11.9 Å². The van der Waals surface area contributed by atoms with Crippen LogP contribution in [-0.4, -0.2) is 23.6 Å². The maximum Gasteiger partial charge on any atom is 0.154 e. The summed E-state index contributed by atoms with van der Waals surface area (Å²) in [5.41, 5.74) is 0.574. The summed E-state index contributed by atoms with van der Waals surface area (Å²) in [7, 11) is 0. The highest BCUT2D eigenvalue weighted by Gasteiger charge is 2.24. The molecule has 1 saturated carbocycles. The van der Waals surface area contributed by atoms with Crippen molar-refractivity contribution in [1.82, 2.24) is 0 Å². The first kappa shape index (κ1) is 14.1. The summed E-state index contributed by atoms with van der Waals surface area (Å²) in [4.78, 5) is 11.5. The van der Waals surface area contributed by atoms with Gasteiger partial charge in [-0.2, -0.15) is 0 Å². The molecule has 0 aliphatic heterocycles. The molecule has 0 spiro atoms. The largest absolute Gasteiger partial charge is 0.487 e. The molecule has 0 bridgehead atoms. The first-order valence-corrected chi connectivity index (χ1v) is 7.61. The lowest BCUT2D eigenvalue weighted by Gasteiger charge is -2.23. The summed E-state index contributed by atoms with van der Waals surface area (Å²) in [6, 6.07) is 11.6. The second-order valence-corrected chi connectivity index (χ2v) is 5.68. The van der Waals surface area contributed by atoms with Crippen molar-refractivity contribution in [1.29, 1.82) is 0 Å². The van der Waals surface area contributed by atoms with Crippen molar-refractivity contribution in [3.05, 3.63) is 42.0 Å². The van der Waals surface area contributed by atoms with E-state index in [-0.39, 0.29) is 6.10 Å². The molecule has 1 N–H and O–H groups in total. The van der Waals surface area contributed by atoms with Crippen LogP contribution in [0.15, 0.2) is 36.4 Å². The zero-order valence-electron chi connectivity index (χ0n) is 12.0. The molecule has 0 heterocycles. The quantitative estimate of drug-likeness (QED) is 0.690. The fraction of sp³-hybridized carbons (Fsp3) is 0.389. The maximum atomic E-state index is 11.5. The van der Waals surface area contributed by atoms with Crippen LogP contribution in [0.5, 0.6) is 5.75 Å². The van der Waals surface area contributed by atoms with Crippen LogP contribution in [0.25, 0.3) is 10.8 Å². The Labute approximate surface area is 124 Å². The molecule has 0 aromatic heterocycles. The van der Waals surface area contributed by atoms with E-state index in [0.717, 1.165) is 49.2 Å². The zero-order valence-corrected chi connectivity index (χ0v) is 12.0. The number of carbonyl (C=O) groups excluding carboxylic acids is 1. The number of rotatable bonds is 3. The third-order valence-electron chi connectivity index (χ3n) is 4.24. The summed E-state index contributed by atoms with van der Waals surface area (Å²) >= 11 is 0. The maximum absolute atomic E-state index is 11.5. The van der Waals surface area contributed by atoms with Crippen molar-refractivity contribution in [2.24, 2.45) is 0 Å². The Bertz CT molecular complexity index is 635. The van der Waals surface area contributed by atoms with E-state index in [1.807, 2.05) is 36.4 Å². The lowest BCUT2D eigenvalue weighted by molar-refractivity contribution is 0.0316. The van der Waals surface area contributed by atoms with E-state index in [0.29, 0.717) is 11.3 Å². The highest BCUT2D eigenvalue weighted by Crippen LogP contribution is 2.30. The average molecular weight is 284 g/mol. The van der Waals surface area contributed by atoms with Crippen molar-refractivity contribution in [3.8, 4) is 5.75 Å². The minimum Gasteiger partial charge on any atom is -0.487 e. The molecule has 3 heteroatoms. The normalized spacial score (nSPS) is 22.7. The van der Waals surface area contributed by atoms with Crippen molar-refractivity contribution < 1.29 is 14.6 Å². The predicted octanol–water partition coefficient (Wildman–Crippen LogP) is 3.72. The molecule has 2 aromatic carbocycles. The van der Waals surface area contributed by atoms with E-state index < -0.39 is 6.10 Å². The van der Waals surface area contributed by atoms with E-state index in [4.69, 9.17) is 4.74 Å². The number of ether oxygens (including phenoxy) is 1. The van der Waals surface area contributed by atoms with Gasteiger partial charge in [0.05, 0.1) is 11.7 Å². The van der Waals surface area contributed by atoms with E-state index in [9.17, 15) is 9.90 Å². The SMILES string of the molecule is O=Cc1c(OC2CCCCCC2O)ccc2ccccc12. The van der Waals surface area contributed by atoms with Crippen LogP contribution in [0.2, 0.25) is 0 Å². The van der Waals surface area contributed by atoms with Crippen molar-refractivity contribution >= 4 is 17.1 Å². The van der Waals surface area contributed by atoms with Gasteiger partial charge in [-0.05, 0) is 36.1 Å². The molecule has 1 aliphatic carbocycles. The fourth-order valence-electron chi connectivity index (χ4n) is 3.05. The van der Waals surface area contributed by atoms with Gasteiger partial charge in [0.25, 0.3) is 0 Å². The van der Waals surface area contributed by atoms with Crippen LogP contribution < -0.4 is 4.74 Å². The van der Waals surface area contributed by atoms with Gasteiger partial charge in [-0.1, -0.05) is 43.2 Å². The lowest BCUT2D eigenvalue weighted by Crippen LogP contribution is -2.30. The van der Waals surface area contributed by atoms with Crippen molar-refractivity contribution in [2.45, 2.75) is 44.3 Å². The van der Waals surface area contributed by atoms with E-state index in [1.54, 1.807) is 0 Å². The van der Waals surface area contributed by atoms with Crippen molar-refractivity contribution in [3.63, 3.8) is 0 Å². The molecule has 21 heavy (non-hydrogen) atoms. The van der Waals surface area contributed by atoms with Gasteiger partial charge in [-0.25, -0.2) is 0 Å².